The molecular weight excluding hydrogens is 522 g/mol. The maximum atomic E-state index is 14.6. The molecule has 1 fully saturated rings. The van der Waals surface area contributed by atoms with Crippen LogP contribution in [-0.4, -0.2) is 29.2 Å². The van der Waals surface area contributed by atoms with Crippen molar-refractivity contribution in [1.29, 1.82) is 0 Å². The highest BCUT2D eigenvalue weighted by Crippen LogP contribution is 2.39. The number of aryl methyl sites for hydroxylation is 2. The highest BCUT2D eigenvalue weighted by atomic mass is 35.5. The lowest BCUT2D eigenvalue weighted by Gasteiger charge is -2.33. The van der Waals surface area contributed by atoms with Crippen molar-refractivity contribution in [2.75, 3.05) is 13.7 Å². The largest absolute Gasteiger partial charge is 0.491 e. The first kappa shape index (κ1) is 27.1. The Balaban J connectivity index is 1.62. The van der Waals surface area contributed by atoms with Gasteiger partial charge in [-0.2, -0.15) is 0 Å². The van der Waals surface area contributed by atoms with Crippen molar-refractivity contribution in [3.05, 3.63) is 81.9 Å². The third kappa shape index (κ3) is 5.50. The van der Waals surface area contributed by atoms with Crippen molar-refractivity contribution in [3.8, 4) is 17.1 Å². The van der Waals surface area contributed by atoms with Crippen molar-refractivity contribution in [2.24, 2.45) is 5.92 Å². The van der Waals surface area contributed by atoms with E-state index in [1.54, 1.807) is 24.3 Å². The second kappa shape index (κ2) is 11.3. The highest BCUT2D eigenvalue weighted by molar-refractivity contribution is 6.30. The van der Waals surface area contributed by atoms with Crippen LogP contribution in [-0.2, 0) is 4.74 Å². The van der Waals surface area contributed by atoms with Crippen molar-refractivity contribution < 1.29 is 23.0 Å². The van der Waals surface area contributed by atoms with Gasteiger partial charge in [0.2, 0.25) is 0 Å². The third-order valence-corrected chi connectivity index (χ3v) is 7.89. The van der Waals surface area contributed by atoms with Gasteiger partial charge in [-0.1, -0.05) is 30.9 Å². The Bertz CT molecular complexity index is 1490. The molecule has 1 aromatic heterocycles. The van der Waals surface area contributed by atoms with Crippen molar-refractivity contribution in [1.82, 2.24) is 9.55 Å². The predicted molar refractivity (Wildman–Crippen MR) is 148 cm³/mol. The van der Waals surface area contributed by atoms with Gasteiger partial charge in [-0.05, 0) is 80.1 Å². The van der Waals surface area contributed by atoms with E-state index in [2.05, 4.69) is 0 Å². The molecule has 1 heterocycles. The second-order valence-corrected chi connectivity index (χ2v) is 10.7. The minimum atomic E-state index is -0.933. The number of benzene rings is 3. The average molecular weight is 553 g/mol. The highest BCUT2D eigenvalue weighted by Gasteiger charge is 2.31. The Morgan fingerprint density at radius 3 is 2.31 bits per heavy atom. The fourth-order valence-corrected chi connectivity index (χ4v) is 5.88. The molecule has 204 valence electrons. The van der Waals surface area contributed by atoms with E-state index in [9.17, 15) is 13.6 Å². The monoisotopic (exact) mass is 552 g/mol. The van der Waals surface area contributed by atoms with Crippen LogP contribution in [0.1, 0.15) is 59.6 Å². The number of methoxy groups -OCH3 is 1. The van der Waals surface area contributed by atoms with E-state index < -0.39 is 17.6 Å². The Hall–Kier alpha value is -3.45. The van der Waals surface area contributed by atoms with Gasteiger partial charge in [0.1, 0.15) is 18.2 Å². The minimum absolute atomic E-state index is 0.190. The number of rotatable bonds is 7. The Morgan fingerprint density at radius 1 is 1.03 bits per heavy atom. The fraction of sp³-hybridized carbons (Fsp3) is 0.355. The summed E-state index contributed by atoms with van der Waals surface area (Å²) in [5.41, 5.74) is 3.81. The van der Waals surface area contributed by atoms with E-state index in [0.717, 1.165) is 48.4 Å². The number of fused-ring (bicyclic) bond motifs is 1. The summed E-state index contributed by atoms with van der Waals surface area (Å²) < 4.78 is 42.3. The third-order valence-electron chi connectivity index (χ3n) is 7.64. The second-order valence-electron chi connectivity index (χ2n) is 10.3. The summed E-state index contributed by atoms with van der Waals surface area (Å²) in [7, 11) is 1.36. The van der Waals surface area contributed by atoms with Crippen LogP contribution in [0, 0.1) is 31.4 Å². The number of halogens is 3. The molecule has 1 atom stereocenters. The maximum absolute atomic E-state index is 14.6. The van der Waals surface area contributed by atoms with Crippen LogP contribution < -0.4 is 4.74 Å². The number of aromatic nitrogens is 2. The van der Waals surface area contributed by atoms with Crippen LogP contribution in [0.15, 0.2) is 48.5 Å². The topological polar surface area (TPSA) is 53.4 Å². The summed E-state index contributed by atoms with van der Waals surface area (Å²) in [6.07, 6.45) is 5.36. The van der Waals surface area contributed by atoms with E-state index in [0.29, 0.717) is 39.8 Å². The summed E-state index contributed by atoms with van der Waals surface area (Å²) >= 11 is 6.16. The average Bonchev–Trinajstić information content (AvgIpc) is 3.28. The Labute approximate surface area is 231 Å². The molecular formula is C31H31ClF2N2O3. The zero-order valence-electron chi connectivity index (χ0n) is 22.3. The predicted octanol–water partition coefficient (Wildman–Crippen LogP) is 8.24. The van der Waals surface area contributed by atoms with Crippen molar-refractivity contribution in [2.45, 2.75) is 52.0 Å². The molecule has 0 saturated heterocycles. The molecule has 0 radical (unpaired) electrons. The zero-order chi connectivity index (χ0) is 27.7. The van der Waals surface area contributed by atoms with Gasteiger partial charge in [0.05, 0.1) is 29.7 Å². The molecule has 39 heavy (non-hydrogen) atoms. The standard InChI is InChI=1S/C31H31ClF2N2O3/c1-18-13-22(31(37)38-3)14-19(2)29(18)39-17-28(20-7-5-4-6-8-20)36-27-16-25(34)24(33)15-26(27)35-30(36)21-9-11-23(32)12-10-21/h9-16,20,28H,4-8,17H2,1-3H3. The quantitative estimate of drug-likeness (QED) is 0.217. The molecule has 5 nitrogen and oxygen atoms in total. The number of imidazole rings is 1. The fourth-order valence-electron chi connectivity index (χ4n) is 5.75. The molecule has 1 unspecified atom stereocenters. The molecule has 4 aromatic rings. The van der Waals surface area contributed by atoms with E-state index >= 15 is 0 Å². The first-order chi connectivity index (χ1) is 18.8. The molecule has 0 spiro atoms. The molecule has 8 heteroatoms. The van der Waals surface area contributed by atoms with Crippen LogP contribution in [0.25, 0.3) is 22.4 Å². The van der Waals surface area contributed by atoms with E-state index in [1.165, 1.54) is 19.6 Å². The number of carbonyl (C=O) groups excluding carboxylic acids is 1. The van der Waals surface area contributed by atoms with E-state index in [1.807, 2.05) is 30.5 Å². The van der Waals surface area contributed by atoms with Gasteiger partial charge < -0.3 is 14.0 Å². The van der Waals surface area contributed by atoms with Gasteiger partial charge in [0.15, 0.2) is 11.6 Å². The van der Waals surface area contributed by atoms with Crippen LogP contribution in [0.5, 0.6) is 5.75 Å². The zero-order valence-corrected chi connectivity index (χ0v) is 23.0. The lowest BCUT2D eigenvalue weighted by molar-refractivity contribution is 0.0600. The van der Waals surface area contributed by atoms with Crippen molar-refractivity contribution in [3.63, 3.8) is 0 Å². The molecule has 5 rings (SSSR count). The van der Waals surface area contributed by atoms with Crippen LogP contribution in [0.2, 0.25) is 5.02 Å². The molecule has 1 saturated carbocycles. The molecule has 0 bridgehead atoms. The molecule has 3 aromatic carbocycles. The van der Waals surface area contributed by atoms with Crippen LogP contribution in [0.3, 0.4) is 0 Å². The minimum Gasteiger partial charge on any atom is -0.491 e. The normalized spacial score (nSPS) is 14.9. The first-order valence-corrected chi connectivity index (χ1v) is 13.6. The van der Waals surface area contributed by atoms with Gasteiger partial charge in [0, 0.05) is 22.7 Å². The number of ether oxygens (including phenoxy) is 2. The number of esters is 1. The maximum Gasteiger partial charge on any atom is 0.337 e. The number of hydrogen-bond acceptors (Lipinski definition) is 4. The Kier molecular flexibility index (Phi) is 7.89. The summed E-state index contributed by atoms with van der Waals surface area (Å²) in [6.45, 7) is 4.09. The lowest BCUT2D eigenvalue weighted by atomic mass is 9.83. The molecule has 0 aliphatic heterocycles. The van der Waals surface area contributed by atoms with Gasteiger partial charge in [0.25, 0.3) is 0 Å². The number of hydrogen-bond donors (Lipinski definition) is 0. The van der Waals surface area contributed by atoms with Crippen LogP contribution >= 0.6 is 11.6 Å². The Morgan fingerprint density at radius 2 is 1.67 bits per heavy atom. The van der Waals surface area contributed by atoms with Gasteiger partial charge in [-0.3, -0.25) is 0 Å². The molecule has 0 amide bonds. The van der Waals surface area contributed by atoms with Gasteiger partial charge >= 0.3 is 5.97 Å². The molecule has 0 N–H and O–H groups in total. The molecule has 1 aliphatic carbocycles. The van der Waals surface area contributed by atoms with Gasteiger partial charge in [-0.25, -0.2) is 18.6 Å². The summed E-state index contributed by atoms with van der Waals surface area (Å²) in [5.74, 6) is -0.694. The number of carbonyl (C=O) groups is 1. The first-order valence-electron chi connectivity index (χ1n) is 13.2. The summed E-state index contributed by atoms with van der Waals surface area (Å²) in [5, 5.41) is 0.590. The van der Waals surface area contributed by atoms with Crippen molar-refractivity contribution >= 4 is 28.6 Å². The van der Waals surface area contributed by atoms with Crippen LogP contribution in [0.4, 0.5) is 8.78 Å². The van der Waals surface area contributed by atoms with Gasteiger partial charge in [-0.15, -0.1) is 0 Å². The number of nitrogens with zero attached hydrogens (tertiary/aromatic N) is 2. The smallest absolute Gasteiger partial charge is 0.337 e. The summed E-state index contributed by atoms with van der Waals surface area (Å²) in [4.78, 5) is 16.9. The lowest BCUT2D eigenvalue weighted by Crippen LogP contribution is -2.28. The van der Waals surface area contributed by atoms with E-state index in [4.69, 9.17) is 26.1 Å². The molecule has 1 aliphatic rings. The SMILES string of the molecule is COC(=O)c1cc(C)c(OCC(C2CCCCC2)n2c(-c3ccc(Cl)cc3)nc3cc(F)c(F)cc32)c(C)c1. The summed E-state index contributed by atoms with van der Waals surface area (Å²) in [6, 6.07) is 13.0. The van der Waals surface area contributed by atoms with E-state index in [-0.39, 0.29) is 12.0 Å².